The second-order valence-electron chi connectivity index (χ2n) is 6.29. The fourth-order valence-corrected chi connectivity index (χ4v) is 3.48. The Balaban J connectivity index is 1.72. The molecule has 4 nitrogen and oxygen atoms in total. The quantitative estimate of drug-likeness (QED) is 0.837. The highest BCUT2D eigenvalue weighted by atomic mass is 16.3. The fourth-order valence-electron chi connectivity index (χ4n) is 3.48. The first-order valence-corrected chi connectivity index (χ1v) is 7.80. The standard InChI is InChI=1S/C15H28N2O2/c1-13-3-2-4-14(11-13)12-15(19)17-7-5-16(6-8-17)9-10-18/h13-14,18H,2-12H2,1H3. The van der Waals surface area contributed by atoms with E-state index in [2.05, 4.69) is 11.8 Å². The highest BCUT2D eigenvalue weighted by molar-refractivity contribution is 5.76. The minimum Gasteiger partial charge on any atom is -0.395 e. The van der Waals surface area contributed by atoms with Crippen LogP contribution in [0.4, 0.5) is 0 Å². The normalized spacial score (nSPS) is 29.5. The van der Waals surface area contributed by atoms with Crippen LogP contribution in [0.15, 0.2) is 0 Å². The molecule has 1 aliphatic carbocycles. The van der Waals surface area contributed by atoms with E-state index >= 15 is 0 Å². The van der Waals surface area contributed by atoms with Crippen molar-refractivity contribution in [3.63, 3.8) is 0 Å². The maximum Gasteiger partial charge on any atom is 0.222 e. The topological polar surface area (TPSA) is 43.8 Å². The van der Waals surface area contributed by atoms with Crippen LogP contribution in [0.3, 0.4) is 0 Å². The second kappa shape index (κ2) is 7.25. The van der Waals surface area contributed by atoms with E-state index in [-0.39, 0.29) is 6.61 Å². The van der Waals surface area contributed by atoms with E-state index in [1.165, 1.54) is 25.7 Å². The minimum absolute atomic E-state index is 0.216. The Kier molecular flexibility index (Phi) is 5.64. The number of aliphatic hydroxyl groups is 1. The first-order valence-electron chi connectivity index (χ1n) is 7.80. The van der Waals surface area contributed by atoms with Gasteiger partial charge in [0.05, 0.1) is 6.61 Å². The Morgan fingerprint density at radius 1 is 1.21 bits per heavy atom. The molecule has 4 heteroatoms. The van der Waals surface area contributed by atoms with Gasteiger partial charge in [-0.2, -0.15) is 0 Å². The van der Waals surface area contributed by atoms with Gasteiger partial charge in [0.2, 0.25) is 5.91 Å². The van der Waals surface area contributed by atoms with E-state index in [0.29, 0.717) is 11.8 Å². The summed E-state index contributed by atoms with van der Waals surface area (Å²) in [4.78, 5) is 16.5. The van der Waals surface area contributed by atoms with Crippen molar-refractivity contribution in [2.24, 2.45) is 11.8 Å². The lowest BCUT2D eigenvalue weighted by atomic mass is 9.80. The Hall–Kier alpha value is -0.610. The highest BCUT2D eigenvalue weighted by Gasteiger charge is 2.25. The number of hydrogen-bond acceptors (Lipinski definition) is 3. The lowest BCUT2D eigenvalue weighted by molar-refractivity contribution is -0.134. The van der Waals surface area contributed by atoms with E-state index < -0.39 is 0 Å². The molecule has 0 radical (unpaired) electrons. The molecule has 1 N–H and O–H groups in total. The molecule has 0 bridgehead atoms. The monoisotopic (exact) mass is 268 g/mol. The van der Waals surface area contributed by atoms with Gasteiger partial charge in [0, 0.05) is 39.1 Å². The van der Waals surface area contributed by atoms with Gasteiger partial charge < -0.3 is 10.0 Å². The number of nitrogens with zero attached hydrogens (tertiary/aromatic N) is 2. The van der Waals surface area contributed by atoms with E-state index in [1.807, 2.05) is 4.90 Å². The van der Waals surface area contributed by atoms with Crippen LogP contribution in [0, 0.1) is 11.8 Å². The predicted octanol–water partition coefficient (Wildman–Crippen LogP) is 1.34. The molecule has 1 amide bonds. The van der Waals surface area contributed by atoms with Gasteiger partial charge in [0.1, 0.15) is 0 Å². The summed E-state index contributed by atoms with van der Waals surface area (Å²) in [5.74, 6) is 1.77. The van der Waals surface area contributed by atoms with Crippen molar-refractivity contribution < 1.29 is 9.90 Å². The summed E-state index contributed by atoms with van der Waals surface area (Å²) in [6.07, 6.45) is 5.86. The van der Waals surface area contributed by atoms with Gasteiger partial charge in [-0.3, -0.25) is 9.69 Å². The lowest BCUT2D eigenvalue weighted by Crippen LogP contribution is -2.49. The third-order valence-electron chi connectivity index (χ3n) is 4.65. The van der Waals surface area contributed by atoms with Crippen LogP contribution in [-0.4, -0.2) is 60.1 Å². The van der Waals surface area contributed by atoms with Crippen LogP contribution in [0.2, 0.25) is 0 Å². The van der Waals surface area contributed by atoms with E-state index in [9.17, 15) is 4.79 Å². The summed E-state index contributed by atoms with van der Waals surface area (Å²) in [5, 5.41) is 8.91. The van der Waals surface area contributed by atoms with Gasteiger partial charge in [0.25, 0.3) is 0 Å². The maximum absolute atomic E-state index is 12.3. The zero-order valence-corrected chi connectivity index (χ0v) is 12.2. The van der Waals surface area contributed by atoms with Gasteiger partial charge >= 0.3 is 0 Å². The Labute approximate surface area is 116 Å². The van der Waals surface area contributed by atoms with Crippen LogP contribution >= 0.6 is 0 Å². The molecule has 1 saturated carbocycles. The summed E-state index contributed by atoms with van der Waals surface area (Å²) in [7, 11) is 0. The number of piperazine rings is 1. The largest absolute Gasteiger partial charge is 0.395 e. The molecular formula is C15H28N2O2. The van der Waals surface area contributed by atoms with Gasteiger partial charge in [-0.15, -0.1) is 0 Å². The zero-order valence-electron chi connectivity index (χ0n) is 12.2. The average Bonchev–Trinajstić information content (AvgIpc) is 2.40. The Morgan fingerprint density at radius 2 is 1.95 bits per heavy atom. The number of aliphatic hydroxyl groups excluding tert-OH is 1. The second-order valence-corrected chi connectivity index (χ2v) is 6.29. The number of carbonyl (C=O) groups excluding carboxylic acids is 1. The Bertz CT molecular complexity index is 288. The molecule has 2 atom stereocenters. The summed E-state index contributed by atoms with van der Waals surface area (Å²) in [6, 6.07) is 0. The molecule has 19 heavy (non-hydrogen) atoms. The van der Waals surface area contributed by atoms with Gasteiger partial charge in [-0.25, -0.2) is 0 Å². The summed E-state index contributed by atoms with van der Waals surface area (Å²) >= 11 is 0. The highest BCUT2D eigenvalue weighted by Crippen LogP contribution is 2.31. The Morgan fingerprint density at radius 3 is 2.58 bits per heavy atom. The summed E-state index contributed by atoms with van der Waals surface area (Å²) < 4.78 is 0. The predicted molar refractivity (Wildman–Crippen MR) is 75.8 cm³/mol. The van der Waals surface area contributed by atoms with Gasteiger partial charge in [-0.05, 0) is 24.7 Å². The number of β-amino-alcohol motifs (C(OH)–C–C–N with tert-alkyl or cyclic N) is 1. The van der Waals surface area contributed by atoms with E-state index in [0.717, 1.165) is 45.1 Å². The van der Waals surface area contributed by atoms with Crippen LogP contribution in [0.25, 0.3) is 0 Å². The molecule has 2 fully saturated rings. The molecule has 2 rings (SSSR count). The van der Waals surface area contributed by atoms with Crippen molar-refractivity contribution in [2.75, 3.05) is 39.3 Å². The number of rotatable bonds is 4. The van der Waals surface area contributed by atoms with Gasteiger partial charge in [-0.1, -0.05) is 19.8 Å². The van der Waals surface area contributed by atoms with Gasteiger partial charge in [0.15, 0.2) is 0 Å². The van der Waals surface area contributed by atoms with Crippen LogP contribution in [0.1, 0.15) is 39.0 Å². The van der Waals surface area contributed by atoms with Crippen LogP contribution < -0.4 is 0 Å². The maximum atomic E-state index is 12.3. The first kappa shape index (κ1) is 14.8. The van der Waals surface area contributed by atoms with E-state index in [1.54, 1.807) is 0 Å². The molecule has 1 saturated heterocycles. The summed E-state index contributed by atoms with van der Waals surface area (Å²) in [6.45, 7) is 6.75. The molecule has 110 valence electrons. The van der Waals surface area contributed by atoms with Crippen molar-refractivity contribution in [2.45, 2.75) is 39.0 Å². The van der Waals surface area contributed by atoms with E-state index in [4.69, 9.17) is 5.11 Å². The smallest absolute Gasteiger partial charge is 0.222 e. The lowest BCUT2D eigenvalue weighted by Gasteiger charge is -2.35. The third-order valence-corrected chi connectivity index (χ3v) is 4.65. The zero-order chi connectivity index (χ0) is 13.7. The molecule has 1 aliphatic heterocycles. The molecule has 0 spiro atoms. The fraction of sp³-hybridized carbons (Fsp3) is 0.933. The number of carbonyl (C=O) groups is 1. The van der Waals surface area contributed by atoms with Crippen molar-refractivity contribution in [1.82, 2.24) is 9.80 Å². The SMILES string of the molecule is CC1CCCC(CC(=O)N2CCN(CCO)CC2)C1. The molecule has 0 aromatic carbocycles. The van der Waals surface area contributed by atoms with Crippen LogP contribution in [0.5, 0.6) is 0 Å². The molecule has 0 aromatic rings. The molecular weight excluding hydrogens is 240 g/mol. The number of amides is 1. The molecule has 2 aliphatic rings. The number of hydrogen-bond donors (Lipinski definition) is 1. The first-order chi connectivity index (χ1) is 9.19. The molecule has 0 aromatic heterocycles. The van der Waals surface area contributed by atoms with Crippen molar-refractivity contribution in [1.29, 1.82) is 0 Å². The van der Waals surface area contributed by atoms with Crippen molar-refractivity contribution >= 4 is 5.91 Å². The third kappa shape index (κ3) is 4.46. The van der Waals surface area contributed by atoms with Crippen LogP contribution in [-0.2, 0) is 4.79 Å². The average molecular weight is 268 g/mol. The molecule has 2 unspecified atom stereocenters. The van der Waals surface area contributed by atoms with Crippen molar-refractivity contribution in [3.8, 4) is 0 Å². The molecule has 1 heterocycles. The van der Waals surface area contributed by atoms with Crippen molar-refractivity contribution in [3.05, 3.63) is 0 Å². The summed E-state index contributed by atoms with van der Waals surface area (Å²) in [5.41, 5.74) is 0. The minimum atomic E-state index is 0.216.